The van der Waals surface area contributed by atoms with Gasteiger partial charge in [0.05, 0.1) is 13.0 Å². The maximum absolute atomic E-state index is 10.8. The Bertz CT molecular complexity index is 446. The molecule has 0 bridgehead atoms. The van der Waals surface area contributed by atoms with Crippen LogP contribution in [0.5, 0.6) is 5.75 Å². The zero-order chi connectivity index (χ0) is 11.2. The standard InChI is InChI=1S/C13H14O3/c14-12(15)8-13(4-5-13)10-2-1-9-3-6-16-11(9)7-10/h1-2,7H,3-6,8H2,(H,14,15). The number of ether oxygens (including phenoxy) is 1. The first-order valence-electron chi connectivity index (χ1n) is 5.68. The average molecular weight is 218 g/mol. The molecule has 1 aliphatic carbocycles. The summed E-state index contributed by atoms with van der Waals surface area (Å²) in [5.41, 5.74) is 2.28. The molecule has 3 rings (SSSR count). The van der Waals surface area contributed by atoms with E-state index in [2.05, 4.69) is 12.1 Å². The van der Waals surface area contributed by atoms with Crippen LogP contribution in [0.3, 0.4) is 0 Å². The fraction of sp³-hybridized carbons (Fsp3) is 0.462. The maximum atomic E-state index is 10.8. The Hall–Kier alpha value is -1.51. The smallest absolute Gasteiger partial charge is 0.304 e. The first-order valence-corrected chi connectivity index (χ1v) is 5.68. The van der Waals surface area contributed by atoms with Crippen LogP contribution in [0.1, 0.15) is 30.4 Å². The number of aliphatic carboxylic acids is 1. The Labute approximate surface area is 94.0 Å². The quantitative estimate of drug-likeness (QED) is 0.845. The largest absolute Gasteiger partial charge is 0.493 e. The topological polar surface area (TPSA) is 46.5 Å². The van der Waals surface area contributed by atoms with E-state index in [0.29, 0.717) is 0 Å². The van der Waals surface area contributed by atoms with E-state index < -0.39 is 5.97 Å². The van der Waals surface area contributed by atoms with E-state index >= 15 is 0 Å². The molecule has 0 spiro atoms. The van der Waals surface area contributed by atoms with Gasteiger partial charge in [0.25, 0.3) is 0 Å². The van der Waals surface area contributed by atoms with Crippen LogP contribution in [0.2, 0.25) is 0 Å². The normalized spacial score (nSPS) is 20.0. The monoisotopic (exact) mass is 218 g/mol. The highest BCUT2D eigenvalue weighted by molar-refractivity contribution is 5.70. The number of rotatable bonds is 3. The molecule has 0 unspecified atom stereocenters. The first kappa shape index (κ1) is 9.70. The zero-order valence-electron chi connectivity index (χ0n) is 9.03. The molecule has 0 atom stereocenters. The molecule has 1 aromatic rings. The molecular formula is C13H14O3. The number of hydrogen-bond donors (Lipinski definition) is 1. The average Bonchev–Trinajstić information content (AvgIpc) is 2.87. The van der Waals surface area contributed by atoms with Crippen LogP contribution >= 0.6 is 0 Å². The molecule has 0 radical (unpaired) electrons. The summed E-state index contributed by atoms with van der Waals surface area (Å²) in [6.45, 7) is 0.755. The van der Waals surface area contributed by atoms with E-state index in [0.717, 1.165) is 37.2 Å². The van der Waals surface area contributed by atoms with Crippen molar-refractivity contribution in [2.24, 2.45) is 0 Å². The van der Waals surface area contributed by atoms with Crippen LogP contribution in [-0.2, 0) is 16.6 Å². The number of carboxylic acid groups (broad SMARTS) is 1. The lowest BCUT2D eigenvalue weighted by Gasteiger charge is -2.14. The highest BCUT2D eigenvalue weighted by Gasteiger charge is 2.46. The molecule has 1 aromatic carbocycles. The number of fused-ring (bicyclic) bond motifs is 1. The van der Waals surface area contributed by atoms with Crippen LogP contribution in [0, 0.1) is 0 Å². The highest BCUT2D eigenvalue weighted by atomic mass is 16.5. The van der Waals surface area contributed by atoms with Crippen LogP contribution in [0.15, 0.2) is 18.2 Å². The lowest BCUT2D eigenvalue weighted by atomic mass is 9.91. The van der Waals surface area contributed by atoms with Crippen LogP contribution in [-0.4, -0.2) is 17.7 Å². The van der Waals surface area contributed by atoms with Gasteiger partial charge in [-0.15, -0.1) is 0 Å². The third kappa shape index (κ3) is 1.47. The van der Waals surface area contributed by atoms with Gasteiger partial charge in [0.15, 0.2) is 0 Å². The number of carbonyl (C=O) groups is 1. The summed E-state index contributed by atoms with van der Waals surface area (Å²) in [5.74, 6) is 0.244. The van der Waals surface area contributed by atoms with E-state index in [-0.39, 0.29) is 11.8 Å². The van der Waals surface area contributed by atoms with Crippen molar-refractivity contribution in [1.82, 2.24) is 0 Å². The SMILES string of the molecule is O=C(O)CC1(c2ccc3c(c2)OCC3)CC1. The molecule has 84 valence electrons. The van der Waals surface area contributed by atoms with E-state index in [9.17, 15) is 4.79 Å². The van der Waals surface area contributed by atoms with Gasteiger partial charge in [0, 0.05) is 11.8 Å². The predicted molar refractivity (Wildman–Crippen MR) is 58.8 cm³/mol. The fourth-order valence-electron chi connectivity index (χ4n) is 2.50. The lowest BCUT2D eigenvalue weighted by Crippen LogP contribution is -2.12. The van der Waals surface area contributed by atoms with Crippen LogP contribution in [0.4, 0.5) is 0 Å². The first-order chi connectivity index (χ1) is 7.70. The molecule has 3 heteroatoms. The summed E-state index contributed by atoms with van der Waals surface area (Å²) in [7, 11) is 0. The third-order valence-corrected chi connectivity index (χ3v) is 3.65. The van der Waals surface area contributed by atoms with Gasteiger partial charge in [-0.1, -0.05) is 12.1 Å². The van der Waals surface area contributed by atoms with Gasteiger partial charge in [-0.25, -0.2) is 0 Å². The van der Waals surface area contributed by atoms with Gasteiger partial charge in [-0.3, -0.25) is 4.79 Å². The summed E-state index contributed by atoms with van der Waals surface area (Å²) in [4.78, 5) is 10.8. The van der Waals surface area contributed by atoms with Gasteiger partial charge in [-0.05, 0) is 30.0 Å². The summed E-state index contributed by atoms with van der Waals surface area (Å²) in [5, 5.41) is 8.91. The highest BCUT2D eigenvalue weighted by Crippen LogP contribution is 2.52. The summed E-state index contributed by atoms with van der Waals surface area (Å²) in [6, 6.07) is 6.20. The van der Waals surface area contributed by atoms with Gasteiger partial charge in [0.1, 0.15) is 5.75 Å². The number of carboxylic acids is 1. The Morgan fingerprint density at radius 3 is 2.94 bits per heavy atom. The summed E-state index contributed by atoms with van der Waals surface area (Å²) in [6.07, 6.45) is 3.18. The molecule has 0 aromatic heterocycles. The molecular weight excluding hydrogens is 204 g/mol. The van der Waals surface area contributed by atoms with Crippen molar-refractivity contribution in [3.05, 3.63) is 29.3 Å². The van der Waals surface area contributed by atoms with Crippen molar-refractivity contribution in [2.45, 2.75) is 31.1 Å². The zero-order valence-corrected chi connectivity index (χ0v) is 9.03. The number of benzene rings is 1. The second-order valence-electron chi connectivity index (χ2n) is 4.77. The molecule has 1 fully saturated rings. The Morgan fingerprint density at radius 2 is 2.25 bits per heavy atom. The van der Waals surface area contributed by atoms with Crippen molar-refractivity contribution in [2.75, 3.05) is 6.61 Å². The van der Waals surface area contributed by atoms with Crippen LogP contribution in [0.25, 0.3) is 0 Å². The summed E-state index contributed by atoms with van der Waals surface area (Å²) >= 11 is 0. The van der Waals surface area contributed by atoms with Crippen molar-refractivity contribution < 1.29 is 14.6 Å². The van der Waals surface area contributed by atoms with Crippen molar-refractivity contribution in [3.8, 4) is 5.75 Å². The van der Waals surface area contributed by atoms with Gasteiger partial charge >= 0.3 is 5.97 Å². The molecule has 0 amide bonds. The van der Waals surface area contributed by atoms with E-state index in [1.165, 1.54) is 5.56 Å². The second-order valence-corrected chi connectivity index (χ2v) is 4.77. The summed E-state index contributed by atoms with van der Waals surface area (Å²) < 4.78 is 5.52. The molecule has 2 aliphatic rings. The van der Waals surface area contributed by atoms with Gasteiger partial charge in [-0.2, -0.15) is 0 Å². The Kier molecular flexibility index (Phi) is 1.96. The molecule has 0 saturated heterocycles. The van der Waals surface area contributed by atoms with Crippen molar-refractivity contribution in [3.63, 3.8) is 0 Å². The van der Waals surface area contributed by atoms with E-state index in [1.807, 2.05) is 6.07 Å². The molecule has 1 saturated carbocycles. The Morgan fingerprint density at radius 1 is 1.44 bits per heavy atom. The molecule has 16 heavy (non-hydrogen) atoms. The number of hydrogen-bond acceptors (Lipinski definition) is 2. The van der Waals surface area contributed by atoms with Crippen molar-refractivity contribution >= 4 is 5.97 Å². The Balaban J connectivity index is 1.92. The van der Waals surface area contributed by atoms with E-state index in [1.54, 1.807) is 0 Å². The van der Waals surface area contributed by atoms with Gasteiger partial charge < -0.3 is 9.84 Å². The van der Waals surface area contributed by atoms with E-state index in [4.69, 9.17) is 9.84 Å². The van der Waals surface area contributed by atoms with Crippen LogP contribution < -0.4 is 4.74 Å². The molecule has 1 heterocycles. The van der Waals surface area contributed by atoms with Gasteiger partial charge in [0.2, 0.25) is 0 Å². The fourth-order valence-corrected chi connectivity index (χ4v) is 2.50. The predicted octanol–water partition coefficient (Wildman–Crippen LogP) is 2.13. The molecule has 1 aliphatic heterocycles. The lowest BCUT2D eigenvalue weighted by molar-refractivity contribution is -0.137. The van der Waals surface area contributed by atoms with Crippen molar-refractivity contribution in [1.29, 1.82) is 0 Å². The maximum Gasteiger partial charge on any atom is 0.304 e. The minimum atomic E-state index is -0.709. The minimum absolute atomic E-state index is 0.104. The molecule has 1 N–H and O–H groups in total. The third-order valence-electron chi connectivity index (χ3n) is 3.65. The minimum Gasteiger partial charge on any atom is -0.493 e. The second kappa shape index (κ2) is 3.24. The molecule has 3 nitrogen and oxygen atoms in total.